The largest absolute Gasteiger partial charge is 0.393 e. The van der Waals surface area contributed by atoms with Crippen LogP contribution in [0.1, 0.15) is 52.4 Å². The summed E-state index contributed by atoms with van der Waals surface area (Å²) in [6, 6.07) is 0.324. The van der Waals surface area contributed by atoms with Crippen molar-refractivity contribution in [3.05, 3.63) is 0 Å². The van der Waals surface area contributed by atoms with Gasteiger partial charge in [0.1, 0.15) is 0 Å². The van der Waals surface area contributed by atoms with Crippen LogP contribution in [-0.4, -0.2) is 16.9 Å². The zero-order chi connectivity index (χ0) is 12.8. The number of nitrogens with one attached hydrogen (secondary N) is 1. The molecule has 0 aromatic heterocycles. The van der Waals surface area contributed by atoms with Crippen LogP contribution in [0.5, 0.6) is 0 Å². The monoisotopic (exact) mass is 256 g/mol. The summed E-state index contributed by atoms with van der Waals surface area (Å²) in [4.78, 5) is 12.3. The Labute approximate surface area is 110 Å². The van der Waals surface area contributed by atoms with Gasteiger partial charge in [-0.25, -0.2) is 0 Å². The van der Waals surface area contributed by atoms with Crippen molar-refractivity contribution in [1.29, 1.82) is 0 Å². The number of carbonyl (C=O) groups excluding carboxylic acids is 1. The lowest BCUT2D eigenvalue weighted by Crippen LogP contribution is -2.44. The van der Waals surface area contributed by atoms with Gasteiger partial charge < -0.3 is 11.1 Å². The molecule has 3 unspecified atom stereocenters. The van der Waals surface area contributed by atoms with Crippen molar-refractivity contribution in [2.45, 2.75) is 58.4 Å². The molecule has 0 spiro atoms. The summed E-state index contributed by atoms with van der Waals surface area (Å²) in [5.74, 6) is 0.479. The number of amides is 1. The van der Waals surface area contributed by atoms with E-state index in [4.69, 9.17) is 18.0 Å². The summed E-state index contributed by atoms with van der Waals surface area (Å²) >= 11 is 4.92. The summed E-state index contributed by atoms with van der Waals surface area (Å²) in [6.45, 7) is 4.16. The van der Waals surface area contributed by atoms with Crippen LogP contribution in [-0.2, 0) is 4.79 Å². The molecule has 17 heavy (non-hydrogen) atoms. The van der Waals surface area contributed by atoms with Gasteiger partial charge in [-0.1, -0.05) is 45.3 Å². The van der Waals surface area contributed by atoms with Gasteiger partial charge in [0.25, 0.3) is 0 Å². The molecule has 0 saturated heterocycles. The fraction of sp³-hybridized carbons (Fsp3) is 0.846. The minimum atomic E-state index is -0.299. The zero-order valence-electron chi connectivity index (χ0n) is 10.9. The third-order valence-corrected chi connectivity index (χ3v) is 4.06. The molecule has 0 heterocycles. The van der Waals surface area contributed by atoms with Crippen molar-refractivity contribution in [2.75, 3.05) is 0 Å². The molecule has 0 aromatic carbocycles. The first-order valence-electron chi connectivity index (χ1n) is 6.68. The van der Waals surface area contributed by atoms with Crippen LogP contribution < -0.4 is 11.1 Å². The molecule has 0 radical (unpaired) electrons. The molecule has 0 aliphatic heterocycles. The van der Waals surface area contributed by atoms with Crippen molar-refractivity contribution in [3.8, 4) is 0 Å². The lowest BCUT2D eigenvalue weighted by Gasteiger charge is -2.30. The van der Waals surface area contributed by atoms with Crippen molar-refractivity contribution >= 4 is 23.1 Å². The van der Waals surface area contributed by atoms with Gasteiger partial charge >= 0.3 is 0 Å². The van der Waals surface area contributed by atoms with E-state index in [1.54, 1.807) is 0 Å². The number of hydrogen-bond acceptors (Lipinski definition) is 2. The molecule has 1 aliphatic carbocycles. The van der Waals surface area contributed by atoms with E-state index < -0.39 is 0 Å². The lowest BCUT2D eigenvalue weighted by atomic mass is 9.84. The second-order valence-electron chi connectivity index (χ2n) is 5.01. The van der Waals surface area contributed by atoms with Crippen LogP contribution in [0, 0.1) is 11.8 Å². The van der Waals surface area contributed by atoms with Crippen LogP contribution in [0.15, 0.2) is 0 Å². The van der Waals surface area contributed by atoms with Crippen molar-refractivity contribution in [2.24, 2.45) is 17.6 Å². The maximum atomic E-state index is 12.0. The van der Waals surface area contributed by atoms with Gasteiger partial charge in [0.15, 0.2) is 0 Å². The highest BCUT2D eigenvalue weighted by molar-refractivity contribution is 7.80. The average molecular weight is 256 g/mol. The topological polar surface area (TPSA) is 55.1 Å². The molecular formula is C13H24N2OS. The molecule has 1 aliphatic rings. The van der Waals surface area contributed by atoms with Gasteiger partial charge in [-0.2, -0.15) is 0 Å². The first-order chi connectivity index (χ1) is 8.08. The lowest BCUT2D eigenvalue weighted by molar-refractivity contribution is -0.124. The quantitative estimate of drug-likeness (QED) is 0.743. The number of thiocarbonyl (C=S) groups is 1. The van der Waals surface area contributed by atoms with Gasteiger partial charge in [-0.3, -0.25) is 4.79 Å². The van der Waals surface area contributed by atoms with Crippen molar-refractivity contribution < 1.29 is 4.79 Å². The summed E-state index contributed by atoms with van der Waals surface area (Å²) in [7, 11) is 0. The van der Waals surface area contributed by atoms with Gasteiger partial charge in [-0.15, -0.1) is 0 Å². The van der Waals surface area contributed by atoms with E-state index in [2.05, 4.69) is 12.2 Å². The number of carbonyl (C=O) groups is 1. The maximum absolute atomic E-state index is 12.0. The van der Waals surface area contributed by atoms with Gasteiger partial charge in [0.05, 0.1) is 10.9 Å². The predicted molar refractivity (Wildman–Crippen MR) is 74.7 cm³/mol. The molecular weight excluding hydrogens is 232 g/mol. The predicted octanol–water partition coefficient (Wildman–Crippen LogP) is 2.38. The van der Waals surface area contributed by atoms with E-state index in [1.165, 1.54) is 19.3 Å². The van der Waals surface area contributed by atoms with Crippen molar-refractivity contribution in [3.63, 3.8) is 0 Å². The molecule has 3 nitrogen and oxygen atoms in total. The first kappa shape index (κ1) is 14.4. The molecule has 0 aromatic rings. The van der Waals surface area contributed by atoms with Crippen LogP contribution in [0.25, 0.3) is 0 Å². The Balaban J connectivity index is 2.47. The molecule has 1 amide bonds. The van der Waals surface area contributed by atoms with E-state index in [1.807, 2.05) is 6.92 Å². The second-order valence-corrected chi connectivity index (χ2v) is 5.48. The minimum absolute atomic E-state index is 0.0155. The van der Waals surface area contributed by atoms with Crippen LogP contribution >= 0.6 is 12.2 Å². The Morgan fingerprint density at radius 2 is 2.18 bits per heavy atom. The van der Waals surface area contributed by atoms with Crippen LogP contribution in [0.2, 0.25) is 0 Å². The normalized spacial score (nSPS) is 26.2. The Bertz CT molecular complexity index is 281. The smallest absolute Gasteiger partial charge is 0.230 e. The van der Waals surface area contributed by atoms with E-state index in [-0.39, 0.29) is 11.8 Å². The third-order valence-electron chi connectivity index (χ3n) is 3.77. The van der Waals surface area contributed by atoms with Crippen LogP contribution in [0.4, 0.5) is 0 Å². The van der Waals surface area contributed by atoms with Gasteiger partial charge in [0.2, 0.25) is 5.91 Å². The Hall–Kier alpha value is -0.640. The number of nitrogens with two attached hydrogens (primary N) is 1. The molecule has 3 N–H and O–H groups in total. The van der Waals surface area contributed by atoms with E-state index >= 15 is 0 Å². The highest BCUT2D eigenvalue weighted by Gasteiger charge is 2.25. The summed E-state index contributed by atoms with van der Waals surface area (Å²) < 4.78 is 0. The average Bonchev–Trinajstić information content (AvgIpc) is 2.29. The molecule has 0 bridgehead atoms. The van der Waals surface area contributed by atoms with E-state index in [0.29, 0.717) is 17.5 Å². The maximum Gasteiger partial charge on any atom is 0.230 e. The third kappa shape index (κ3) is 4.26. The number of rotatable bonds is 5. The first-order valence-corrected chi connectivity index (χ1v) is 7.08. The highest BCUT2D eigenvalue weighted by Crippen LogP contribution is 2.26. The second kappa shape index (κ2) is 6.94. The standard InChI is InChI=1S/C13H24N2OS/c1-3-9-6-5-7-10(8-9)15-13(16)11(4-2)12(14)17/h9-11H,3-8H2,1-2H3,(H2,14,17)(H,15,16). The Morgan fingerprint density at radius 3 is 2.71 bits per heavy atom. The summed E-state index contributed by atoms with van der Waals surface area (Å²) in [6.07, 6.45) is 6.61. The Kier molecular flexibility index (Phi) is 5.89. The zero-order valence-corrected chi connectivity index (χ0v) is 11.7. The molecule has 1 rings (SSSR count). The fourth-order valence-electron chi connectivity index (χ4n) is 2.61. The molecule has 98 valence electrons. The SMILES string of the molecule is CCC1CCCC(NC(=O)C(CC)C(N)=S)C1. The highest BCUT2D eigenvalue weighted by atomic mass is 32.1. The number of hydrogen-bond donors (Lipinski definition) is 2. The molecule has 1 saturated carbocycles. The minimum Gasteiger partial charge on any atom is -0.393 e. The molecule has 3 atom stereocenters. The van der Waals surface area contributed by atoms with E-state index in [9.17, 15) is 4.79 Å². The van der Waals surface area contributed by atoms with E-state index in [0.717, 1.165) is 18.8 Å². The van der Waals surface area contributed by atoms with Crippen LogP contribution in [0.3, 0.4) is 0 Å². The molecule has 4 heteroatoms. The molecule has 1 fully saturated rings. The van der Waals surface area contributed by atoms with Gasteiger partial charge in [0, 0.05) is 6.04 Å². The fourth-order valence-corrected chi connectivity index (χ4v) is 2.88. The Morgan fingerprint density at radius 1 is 1.47 bits per heavy atom. The van der Waals surface area contributed by atoms with Crippen molar-refractivity contribution in [1.82, 2.24) is 5.32 Å². The summed E-state index contributed by atoms with van der Waals surface area (Å²) in [5.41, 5.74) is 5.58. The summed E-state index contributed by atoms with van der Waals surface area (Å²) in [5, 5.41) is 3.11. The van der Waals surface area contributed by atoms with Gasteiger partial charge in [-0.05, 0) is 25.2 Å².